The second-order valence-corrected chi connectivity index (χ2v) is 23.6. The highest BCUT2D eigenvalue weighted by molar-refractivity contribution is 5.93. The highest BCUT2D eigenvalue weighted by Gasteiger charge is 2.53. The first kappa shape index (κ1) is 61.2. The molecule has 3 nitrogen and oxygen atoms in total. The van der Waals surface area contributed by atoms with Crippen molar-refractivity contribution in [2.24, 2.45) is 0 Å². The first-order valence-electron chi connectivity index (χ1n) is 30.7. The van der Waals surface area contributed by atoms with E-state index in [0.717, 1.165) is 33.4 Å². The van der Waals surface area contributed by atoms with Gasteiger partial charge in [-0.15, -0.1) is 0 Å². The van der Waals surface area contributed by atoms with Gasteiger partial charge in [0.1, 0.15) is 23.0 Å². The average Bonchev–Trinajstić information content (AvgIpc) is 1.59. The third-order valence-electron chi connectivity index (χ3n) is 18.4. The summed E-state index contributed by atoms with van der Waals surface area (Å²) in [5, 5.41) is 0. The normalized spacial score (nSPS) is 14.9. The number of hydrogen-bond acceptors (Lipinski definition) is 3. The number of halogens is 10. The zero-order valence-corrected chi connectivity index (χ0v) is 50.9. The smallest absolute Gasteiger partial charge is 0.200 e. The second kappa shape index (κ2) is 24.1. The number of ether oxygens (including phenoxy) is 2. The fourth-order valence-corrected chi connectivity index (χ4v) is 14.1. The summed E-state index contributed by atoms with van der Waals surface area (Å²) in [5.74, 6) is -20.4. The van der Waals surface area contributed by atoms with Gasteiger partial charge < -0.3 is 14.4 Å². The third-order valence-corrected chi connectivity index (χ3v) is 18.4. The maximum Gasteiger partial charge on any atom is 0.200 e. The van der Waals surface area contributed by atoms with E-state index in [1.54, 1.807) is 163 Å². The molecule has 0 spiro atoms. The molecule has 0 N–H and O–H groups in total. The molecule has 15 rings (SSSR count). The van der Waals surface area contributed by atoms with Crippen molar-refractivity contribution < 1.29 is 53.4 Å². The molecule has 0 radical (unpaired) electrons. The lowest BCUT2D eigenvalue weighted by Gasteiger charge is -2.36. The monoisotopic (exact) mass is 1290 g/mol. The number of nitrogens with zero attached hydrogens (tertiary/aromatic N) is 1. The molecule has 0 saturated heterocycles. The Morgan fingerprint density at radius 3 is 0.979 bits per heavy atom. The van der Waals surface area contributed by atoms with E-state index in [2.05, 4.69) is 13.2 Å². The van der Waals surface area contributed by atoms with E-state index in [9.17, 15) is 0 Å². The van der Waals surface area contributed by atoms with E-state index in [-0.39, 0.29) is 56.3 Å². The minimum absolute atomic E-state index is 0.0747. The molecule has 0 aromatic heterocycles. The van der Waals surface area contributed by atoms with E-state index in [4.69, 9.17) is 9.47 Å². The Labute approximate surface area is 551 Å². The molecule has 0 aliphatic heterocycles. The van der Waals surface area contributed by atoms with Crippen LogP contribution in [0.25, 0.3) is 56.7 Å². The van der Waals surface area contributed by atoms with Gasteiger partial charge in [0, 0.05) is 28.2 Å². The van der Waals surface area contributed by atoms with Crippen LogP contribution < -0.4 is 14.4 Å². The summed E-state index contributed by atoms with van der Waals surface area (Å²) in [5.41, 5.74) is 1.17. The second-order valence-electron chi connectivity index (χ2n) is 23.6. The molecule has 0 fully saturated rings. The van der Waals surface area contributed by atoms with Gasteiger partial charge in [-0.2, -0.15) is 0 Å². The maximum atomic E-state index is 17.5. The summed E-state index contributed by atoms with van der Waals surface area (Å²) in [4.78, 5) is 1.73. The molecule has 2 unspecified atom stereocenters. The molecule has 472 valence electrons. The Balaban J connectivity index is 0.980. The van der Waals surface area contributed by atoms with Crippen LogP contribution in [-0.2, 0) is 10.8 Å². The van der Waals surface area contributed by atoms with Crippen molar-refractivity contribution in [2.75, 3.05) is 4.90 Å². The zero-order valence-electron chi connectivity index (χ0n) is 50.9. The molecule has 2 aliphatic rings. The largest absolute Gasteiger partial charge is 0.457 e. The molecule has 0 saturated carbocycles. The summed E-state index contributed by atoms with van der Waals surface area (Å²) in [6, 6.07) is 74.2. The van der Waals surface area contributed by atoms with Gasteiger partial charge in [-0.1, -0.05) is 195 Å². The van der Waals surface area contributed by atoms with Crippen molar-refractivity contribution in [1.82, 2.24) is 0 Å². The van der Waals surface area contributed by atoms with Crippen molar-refractivity contribution in [1.29, 1.82) is 0 Å². The van der Waals surface area contributed by atoms with Crippen LogP contribution in [0, 0.1) is 58.2 Å². The van der Waals surface area contributed by atoms with E-state index in [1.165, 1.54) is 48.5 Å². The van der Waals surface area contributed by atoms with Crippen LogP contribution in [0.5, 0.6) is 23.0 Å². The van der Waals surface area contributed by atoms with Crippen LogP contribution in [0.1, 0.15) is 55.6 Å². The quantitative estimate of drug-likeness (QED) is 0.0580. The van der Waals surface area contributed by atoms with E-state index in [1.807, 2.05) is 66.7 Å². The van der Waals surface area contributed by atoms with Gasteiger partial charge in [-0.05, 0) is 180 Å². The Hall–Kier alpha value is -12.0. The van der Waals surface area contributed by atoms with E-state index in [0.29, 0.717) is 39.4 Å². The Bertz CT molecular complexity index is 4990. The molecule has 13 heteroatoms. The van der Waals surface area contributed by atoms with Crippen LogP contribution in [-0.4, -0.2) is 0 Å². The number of fused-ring (bicyclic) bond motifs is 6. The Kier molecular flexibility index (Phi) is 15.2. The first-order valence-corrected chi connectivity index (χ1v) is 30.7. The van der Waals surface area contributed by atoms with Gasteiger partial charge in [-0.25, -0.2) is 43.9 Å². The third kappa shape index (κ3) is 9.82. The number of hydrogen-bond donors (Lipinski definition) is 0. The minimum atomic E-state index is -2.36. The summed E-state index contributed by atoms with van der Waals surface area (Å²) in [6.45, 7) is 7.61. The lowest BCUT2D eigenvalue weighted by Crippen LogP contribution is -2.33. The predicted octanol–water partition coefficient (Wildman–Crippen LogP) is 23.5. The van der Waals surface area contributed by atoms with Crippen LogP contribution in [0.2, 0.25) is 0 Å². The van der Waals surface area contributed by atoms with Crippen LogP contribution in [0.4, 0.5) is 61.0 Å². The maximum absolute atomic E-state index is 17.5. The first-order chi connectivity index (χ1) is 47.1. The highest BCUT2D eigenvalue weighted by atomic mass is 19.2. The van der Waals surface area contributed by atoms with Gasteiger partial charge in [0.2, 0.25) is 11.6 Å². The topological polar surface area (TPSA) is 21.7 Å². The van der Waals surface area contributed by atoms with Crippen molar-refractivity contribution >= 4 is 29.2 Å². The zero-order chi connectivity index (χ0) is 67.0. The summed E-state index contributed by atoms with van der Waals surface area (Å²) < 4.78 is 178. The van der Waals surface area contributed by atoms with Crippen molar-refractivity contribution in [3.63, 3.8) is 0 Å². The number of benzene rings is 13. The Morgan fingerprint density at radius 1 is 0.268 bits per heavy atom. The fourth-order valence-electron chi connectivity index (χ4n) is 14.1. The van der Waals surface area contributed by atoms with Gasteiger partial charge >= 0.3 is 0 Å². The summed E-state index contributed by atoms with van der Waals surface area (Å²) in [6.07, 6.45) is 3.32. The van der Waals surface area contributed by atoms with E-state index >= 15 is 43.9 Å². The summed E-state index contributed by atoms with van der Waals surface area (Å²) >= 11 is 0. The molecule has 0 amide bonds. The van der Waals surface area contributed by atoms with Gasteiger partial charge in [0.25, 0.3) is 0 Å². The molecule has 0 bridgehead atoms. The van der Waals surface area contributed by atoms with Gasteiger partial charge in [0.15, 0.2) is 46.5 Å². The SMILES string of the molecule is C=Cc1ccc(Oc2ccc(C3(c4c(F)c(F)c(F)c(F)c4F)c4ccccc4-c4ccc(N(c5ccc(-c6cccc(-c7ccccc7)c6)cc5)c5ccc6c(c5)C(c5ccc(Oc7ccc(C=C)cc7)cc5)(c5c(F)c(F)c(F)c(F)c5F)c5ccccc5-6)cc43)cc2)cc1. The predicted molar refractivity (Wildman–Crippen MR) is 359 cm³/mol. The van der Waals surface area contributed by atoms with Crippen LogP contribution >= 0.6 is 0 Å². The number of anilines is 3. The molecular formula is C84H49F10NO2. The molecule has 2 atom stereocenters. The lowest BCUT2D eigenvalue weighted by atomic mass is 9.67. The molecule has 0 heterocycles. The molecule has 2 aliphatic carbocycles. The van der Waals surface area contributed by atoms with Gasteiger partial charge in [0.05, 0.1) is 10.8 Å². The van der Waals surface area contributed by atoms with Crippen molar-refractivity contribution in [3.8, 4) is 67.5 Å². The van der Waals surface area contributed by atoms with Crippen molar-refractivity contribution in [3.05, 3.63) is 388 Å². The number of rotatable bonds is 15. The molecular weight excluding hydrogens is 1240 g/mol. The summed E-state index contributed by atoms with van der Waals surface area (Å²) in [7, 11) is 0. The molecule has 13 aromatic rings. The lowest BCUT2D eigenvalue weighted by molar-refractivity contribution is 0.363. The highest BCUT2D eigenvalue weighted by Crippen LogP contribution is 2.62. The van der Waals surface area contributed by atoms with Gasteiger partial charge in [-0.3, -0.25) is 0 Å². The minimum Gasteiger partial charge on any atom is -0.457 e. The van der Waals surface area contributed by atoms with Crippen molar-refractivity contribution in [2.45, 2.75) is 10.8 Å². The van der Waals surface area contributed by atoms with Crippen LogP contribution in [0.15, 0.2) is 274 Å². The fraction of sp³-hybridized carbons (Fsp3) is 0.0238. The average molecular weight is 1290 g/mol. The standard InChI is InChI=1S/C84H49F10NO2/c1-3-48-21-35-59(36-22-48)96-61-39-27-54(28-40-61)83(71-73(85)77(89)81(93)78(90)74(71)86)67-19-10-8-17-63(67)65-43-33-57(46-69(65)83)95(56-31-25-51(26-32-56)53-16-12-15-52(45-53)50-13-6-5-7-14-50)58-34-44-66-64-18-9-11-20-68(64)84(70(66)47-58,72-75(87)79(91)82(94)80(92)76(72)88)55-29-41-62(42-30-55)97-60-37-23-49(4-2)24-38-60/h3-47H,1-2H2. The Morgan fingerprint density at radius 2 is 0.588 bits per heavy atom. The molecule has 13 aromatic carbocycles. The van der Waals surface area contributed by atoms with E-state index < -0.39 is 80.1 Å². The van der Waals surface area contributed by atoms with Crippen LogP contribution in [0.3, 0.4) is 0 Å². The molecule has 97 heavy (non-hydrogen) atoms.